The first kappa shape index (κ1) is 15.2. The van der Waals surface area contributed by atoms with Crippen molar-refractivity contribution in [1.82, 2.24) is 20.1 Å². The molecule has 3 aromatic rings. The topological polar surface area (TPSA) is 56.9 Å². The second-order valence-corrected chi connectivity index (χ2v) is 7.23. The van der Waals surface area contributed by atoms with Crippen LogP contribution in [0.3, 0.4) is 0 Å². The number of nitrogens with one attached hydrogen (secondary N) is 2. The molecule has 2 aromatic heterocycles. The first-order chi connectivity index (χ1) is 12.4. The van der Waals surface area contributed by atoms with Crippen molar-refractivity contribution in [2.24, 2.45) is 0 Å². The number of nitrogens with zero attached hydrogens (tertiary/aromatic N) is 2. The van der Waals surface area contributed by atoms with E-state index in [0.717, 1.165) is 57.1 Å². The number of aromatic amines is 2. The highest BCUT2D eigenvalue weighted by Crippen LogP contribution is 2.31. The number of fused-ring (bicyclic) bond motifs is 2. The zero-order valence-electron chi connectivity index (χ0n) is 14.5. The van der Waals surface area contributed by atoms with E-state index in [1.54, 1.807) is 0 Å². The maximum Gasteiger partial charge on any atom is 0.112 e. The van der Waals surface area contributed by atoms with Gasteiger partial charge in [0.25, 0.3) is 0 Å². The SMILES string of the molecule is c1cc2[nH]c(-c3n[nH]c4c3CCCC4)cc2cc1CN1CCOCC1. The molecule has 2 aliphatic rings. The van der Waals surface area contributed by atoms with Crippen LogP contribution in [-0.4, -0.2) is 46.4 Å². The van der Waals surface area contributed by atoms with Crippen molar-refractivity contribution in [3.8, 4) is 11.4 Å². The summed E-state index contributed by atoms with van der Waals surface area (Å²) in [4.78, 5) is 6.02. The standard InChI is InChI=1S/C20H24N4O/c1-2-4-18-16(3-1)20(23-22-18)19-12-15-11-14(5-6-17(15)21-19)13-24-7-9-25-10-8-24/h5-6,11-12,21H,1-4,7-10,13H2,(H,22,23). The summed E-state index contributed by atoms with van der Waals surface area (Å²) in [6, 6.07) is 9.00. The summed E-state index contributed by atoms with van der Waals surface area (Å²) in [6.45, 7) is 4.74. The molecule has 0 bridgehead atoms. The minimum Gasteiger partial charge on any atom is -0.379 e. The van der Waals surface area contributed by atoms with E-state index in [4.69, 9.17) is 4.74 Å². The normalized spacial score (nSPS) is 18.6. The lowest BCUT2D eigenvalue weighted by molar-refractivity contribution is 0.0342. The molecule has 0 unspecified atom stereocenters. The van der Waals surface area contributed by atoms with E-state index in [9.17, 15) is 0 Å². The van der Waals surface area contributed by atoms with Crippen LogP contribution in [0.1, 0.15) is 29.7 Å². The number of morpholine rings is 1. The molecule has 0 radical (unpaired) electrons. The number of rotatable bonds is 3. The third-order valence-corrected chi connectivity index (χ3v) is 5.51. The maximum absolute atomic E-state index is 5.44. The van der Waals surface area contributed by atoms with Crippen molar-refractivity contribution in [1.29, 1.82) is 0 Å². The molecule has 1 aromatic carbocycles. The Morgan fingerprint density at radius 2 is 1.96 bits per heavy atom. The Morgan fingerprint density at radius 3 is 2.88 bits per heavy atom. The predicted octanol–water partition coefficient (Wildman–Crippen LogP) is 3.27. The van der Waals surface area contributed by atoms with Crippen molar-refractivity contribution in [3.05, 3.63) is 41.1 Å². The smallest absolute Gasteiger partial charge is 0.112 e. The zero-order chi connectivity index (χ0) is 16.6. The van der Waals surface area contributed by atoms with E-state index >= 15 is 0 Å². The van der Waals surface area contributed by atoms with Gasteiger partial charge in [-0.3, -0.25) is 10.00 Å². The number of hydrogen-bond acceptors (Lipinski definition) is 3. The Kier molecular flexibility index (Phi) is 3.83. The van der Waals surface area contributed by atoms with Gasteiger partial charge in [-0.05, 0) is 49.4 Å². The fraction of sp³-hybridized carbons (Fsp3) is 0.450. The van der Waals surface area contributed by atoms with Gasteiger partial charge in [-0.2, -0.15) is 5.10 Å². The summed E-state index contributed by atoms with van der Waals surface area (Å²) >= 11 is 0. The van der Waals surface area contributed by atoms with Gasteiger partial charge in [0.2, 0.25) is 0 Å². The average molecular weight is 336 g/mol. The first-order valence-corrected chi connectivity index (χ1v) is 9.35. The highest BCUT2D eigenvalue weighted by Gasteiger charge is 2.19. The lowest BCUT2D eigenvalue weighted by atomic mass is 9.95. The number of benzene rings is 1. The van der Waals surface area contributed by atoms with E-state index in [0.29, 0.717) is 0 Å². The number of aromatic nitrogens is 3. The van der Waals surface area contributed by atoms with Crippen LogP contribution in [0.5, 0.6) is 0 Å². The molecule has 1 saturated heterocycles. The fourth-order valence-electron chi connectivity index (χ4n) is 4.13. The summed E-state index contributed by atoms with van der Waals surface area (Å²) in [7, 11) is 0. The van der Waals surface area contributed by atoms with Crippen LogP contribution >= 0.6 is 0 Å². The molecule has 2 N–H and O–H groups in total. The van der Waals surface area contributed by atoms with E-state index in [1.165, 1.54) is 40.6 Å². The quantitative estimate of drug-likeness (QED) is 0.772. The Hall–Kier alpha value is -2.11. The first-order valence-electron chi connectivity index (χ1n) is 9.35. The number of hydrogen-bond donors (Lipinski definition) is 2. The van der Waals surface area contributed by atoms with Gasteiger partial charge in [0.1, 0.15) is 5.69 Å². The Labute approximate surface area is 147 Å². The summed E-state index contributed by atoms with van der Waals surface area (Å²) in [6.07, 6.45) is 4.81. The van der Waals surface area contributed by atoms with Gasteiger partial charge in [-0.1, -0.05) is 6.07 Å². The molecule has 0 spiro atoms. The van der Waals surface area contributed by atoms with Gasteiger partial charge in [0.15, 0.2) is 0 Å². The van der Waals surface area contributed by atoms with Crippen LogP contribution in [0, 0.1) is 0 Å². The number of aryl methyl sites for hydroxylation is 1. The Bertz CT molecular complexity index is 888. The van der Waals surface area contributed by atoms with Crippen molar-refractivity contribution in [3.63, 3.8) is 0 Å². The molecule has 1 fully saturated rings. The minimum atomic E-state index is 0.848. The van der Waals surface area contributed by atoms with Gasteiger partial charge >= 0.3 is 0 Å². The van der Waals surface area contributed by atoms with Gasteiger partial charge in [-0.25, -0.2) is 0 Å². The van der Waals surface area contributed by atoms with E-state index in [1.807, 2.05) is 0 Å². The zero-order valence-corrected chi connectivity index (χ0v) is 14.5. The van der Waals surface area contributed by atoms with Crippen molar-refractivity contribution >= 4 is 10.9 Å². The molecule has 5 nitrogen and oxygen atoms in total. The molecule has 25 heavy (non-hydrogen) atoms. The van der Waals surface area contributed by atoms with E-state index in [-0.39, 0.29) is 0 Å². The van der Waals surface area contributed by atoms with Gasteiger partial charge in [-0.15, -0.1) is 0 Å². The summed E-state index contributed by atoms with van der Waals surface area (Å²) in [5.74, 6) is 0. The third-order valence-electron chi connectivity index (χ3n) is 5.51. The molecule has 5 rings (SSSR count). The average Bonchev–Trinajstić information content (AvgIpc) is 3.26. The fourth-order valence-corrected chi connectivity index (χ4v) is 4.13. The van der Waals surface area contributed by atoms with E-state index < -0.39 is 0 Å². The van der Waals surface area contributed by atoms with Crippen LogP contribution in [0.25, 0.3) is 22.3 Å². The van der Waals surface area contributed by atoms with E-state index in [2.05, 4.69) is 44.3 Å². The lowest BCUT2D eigenvalue weighted by Gasteiger charge is -2.26. The molecule has 130 valence electrons. The number of H-pyrrole nitrogens is 2. The lowest BCUT2D eigenvalue weighted by Crippen LogP contribution is -2.35. The molecule has 3 heterocycles. The summed E-state index contributed by atoms with van der Waals surface area (Å²) in [5.41, 5.74) is 7.54. The van der Waals surface area contributed by atoms with Crippen LogP contribution in [0.15, 0.2) is 24.3 Å². The minimum absolute atomic E-state index is 0.848. The molecule has 0 amide bonds. The van der Waals surface area contributed by atoms with Crippen LogP contribution in [0.2, 0.25) is 0 Å². The highest BCUT2D eigenvalue weighted by atomic mass is 16.5. The highest BCUT2D eigenvalue weighted by molar-refractivity contribution is 5.86. The number of ether oxygens (including phenoxy) is 1. The largest absolute Gasteiger partial charge is 0.379 e. The van der Waals surface area contributed by atoms with Gasteiger partial charge in [0.05, 0.1) is 18.9 Å². The molecular weight excluding hydrogens is 312 g/mol. The van der Waals surface area contributed by atoms with Gasteiger partial charge < -0.3 is 9.72 Å². The monoisotopic (exact) mass is 336 g/mol. The molecule has 1 aliphatic heterocycles. The maximum atomic E-state index is 5.44. The van der Waals surface area contributed by atoms with Crippen molar-refractivity contribution < 1.29 is 4.74 Å². The second-order valence-electron chi connectivity index (χ2n) is 7.23. The van der Waals surface area contributed by atoms with Gasteiger partial charge in [0, 0.05) is 41.8 Å². The predicted molar refractivity (Wildman–Crippen MR) is 98.6 cm³/mol. The van der Waals surface area contributed by atoms with Crippen molar-refractivity contribution in [2.75, 3.05) is 26.3 Å². The Morgan fingerprint density at radius 1 is 1.08 bits per heavy atom. The molecule has 0 atom stereocenters. The summed E-state index contributed by atoms with van der Waals surface area (Å²) < 4.78 is 5.44. The molecular formula is C20H24N4O. The van der Waals surface area contributed by atoms with Crippen LogP contribution in [-0.2, 0) is 24.1 Å². The second kappa shape index (κ2) is 6.32. The molecule has 1 aliphatic carbocycles. The third kappa shape index (κ3) is 2.87. The Balaban J connectivity index is 1.44. The van der Waals surface area contributed by atoms with Crippen molar-refractivity contribution in [2.45, 2.75) is 32.2 Å². The molecule has 0 saturated carbocycles. The molecule has 5 heteroatoms. The van der Waals surface area contributed by atoms with Crippen LogP contribution < -0.4 is 0 Å². The summed E-state index contributed by atoms with van der Waals surface area (Å²) in [5, 5.41) is 9.12. The van der Waals surface area contributed by atoms with Crippen LogP contribution in [0.4, 0.5) is 0 Å².